The second-order valence-electron chi connectivity index (χ2n) is 7.46. The summed E-state index contributed by atoms with van der Waals surface area (Å²) in [5.41, 5.74) is 0. The van der Waals surface area contributed by atoms with Gasteiger partial charge in [0.05, 0.1) is 4.88 Å². The Morgan fingerprint density at radius 3 is 2.27 bits per heavy atom. The summed E-state index contributed by atoms with van der Waals surface area (Å²) in [6.45, 7) is 0. The Morgan fingerprint density at radius 1 is 0.909 bits per heavy atom. The fourth-order valence-electron chi connectivity index (χ4n) is 5.54. The molecule has 2 aromatic rings. The SMILES string of the molecule is O=C(c1ccc(-c2cccs2)s1)C1C2CC3CC(C2)CC1C3. The van der Waals surface area contributed by atoms with Crippen molar-refractivity contribution in [3.05, 3.63) is 34.5 Å². The fraction of sp³-hybridized carbons (Fsp3) is 0.526. The Labute approximate surface area is 139 Å². The second kappa shape index (κ2) is 5.04. The van der Waals surface area contributed by atoms with Gasteiger partial charge in [0.15, 0.2) is 5.78 Å². The minimum atomic E-state index is 0.336. The van der Waals surface area contributed by atoms with Crippen LogP contribution in [0.3, 0.4) is 0 Å². The number of rotatable bonds is 3. The summed E-state index contributed by atoms with van der Waals surface area (Å²) in [5, 5.41) is 2.11. The minimum Gasteiger partial charge on any atom is -0.293 e. The molecule has 4 aliphatic carbocycles. The first kappa shape index (κ1) is 13.5. The van der Waals surface area contributed by atoms with Crippen molar-refractivity contribution in [2.24, 2.45) is 29.6 Å². The minimum absolute atomic E-state index is 0.336. The third kappa shape index (κ3) is 2.05. The Balaban J connectivity index is 1.43. The molecular weight excluding hydrogens is 308 g/mol. The molecule has 114 valence electrons. The van der Waals surface area contributed by atoms with E-state index in [0.717, 1.165) is 16.7 Å². The van der Waals surface area contributed by atoms with Gasteiger partial charge < -0.3 is 0 Å². The molecule has 22 heavy (non-hydrogen) atoms. The van der Waals surface area contributed by atoms with E-state index in [1.165, 1.54) is 41.9 Å². The lowest BCUT2D eigenvalue weighted by Gasteiger charge is -2.53. The van der Waals surface area contributed by atoms with E-state index in [-0.39, 0.29) is 0 Å². The number of ketones is 1. The van der Waals surface area contributed by atoms with Crippen LogP contribution in [0.15, 0.2) is 29.6 Å². The van der Waals surface area contributed by atoms with E-state index >= 15 is 0 Å². The molecule has 0 amide bonds. The van der Waals surface area contributed by atoms with Crippen LogP contribution >= 0.6 is 22.7 Å². The highest BCUT2D eigenvalue weighted by atomic mass is 32.1. The monoisotopic (exact) mass is 328 g/mol. The zero-order valence-electron chi connectivity index (χ0n) is 12.5. The highest BCUT2D eigenvalue weighted by Gasteiger charge is 2.50. The molecule has 4 fully saturated rings. The van der Waals surface area contributed by atoms with E-state index < -0.39 is 0 Å². The molecule has 6 rings (SSSR count). The van der Waals surface area contributed by atoms with E-state index in [9.17, 15) is 4.79 Å². The quantitative estimate of drug-likeness (QED) is 0.657. The highest BCUT2D eigenvalue weighted by molar-refractivity contribution is 7.22. The zero-order valence-corrected chi connectivity index (χ0v) is 14.2. The Hall–Kier alpha value is -0.930. The number of Topliss-reactive ketones (excluding diaryl/α,β-unsaturated/α-hetero) is 1. The lowest BCUT2D eigenvalue weighted by atomic mass is 9.51. The fourth-order valence-corrected chi connectivity index (χ4v) is 7.37. The first-order valence-corrected chi connectivity index (χ1v) is 10.2. The smallest absolute Gasteiger partial charge is 0.176 e. The normalized spacial score (nSPS) is 35.9. The highest BCUT2D eigenvalue weighted by Crippen LogP contribution is 2.57. The summed E-state index contributed by atoms with van der Waals surface area (Å²) in [6, 6.07) is 8.44. The average Bonchev–Trinajstić information content (AvgIpc) is 3.17. The van der Waals surface area contributed by atoms with Gasteiger partial charge in [-0.25, -0.2) is 0 Å². The molecule has 1 nitrogen and oxygen atoms in total. The van der Waals surface area contributed by atoms with Gasteiger partial charge in [-0.3, -0.25) is 4.79 Å². The van der Waals surface area contributed by atoms with Gasteiger partial charge in [0, 0.05) is 15.7 Å². The lowest BCUT2D eigenvalue weighted by molar-refractivity contribution is -0.0249. The maximum Gasteiger partial charge on any atom is 0.176 e. The first-order chi connectivity index (χ1) is 10.8. The molecule has 4 aliphatic rings. The van der Waals surface area contributed by atoms with Gasteiger partial charge in [-0.2, -0.15) is 0 Å². The van der Waals surface area contributed by atoms with Crippen molar-refractivity contribution in [3.63, 3.8) is 0 Å². The van der Waals surface area contributed by atoms with Gasteiger partial charge in [0.2, 0.25) is 0 Å². The van der Waals surface area contributed by atoms with Gasteiger partial charge >= 0.3 is 0 Å². The molecule has 0 atom stereocenters. The van der Waals surface area contributed by atoms with Crippen LogP contribution in [0.25, 0.3) is 9.75 Å². The largest absolute Gasteiger partial charge is 0.293 e. The van der Waals surface area contributed by atoms with Gasteiger partial charge in [-0.1, -0.05) is 6.07 Å². The third-order valence-corrected chi connectivity index (χ3v) is 8.31. The first-order valence-electron chi connectivity index (χ1n) is 8.46. The predicted molar refractivity (Wildman–Crippen MR) is 92.5 cm³/mol. The molecule has 4 bridgehead atoms. The maximum atomic E-state index is 13.1. The van der Waals surface area contributed by atoms with Crippen LogP contribution in [0.4, 0.5) is 0 Å². The van der Waals surface area contributed by atoms with Crippen molar-refractivity contribution in [2.45, 2.75) is 32.1 Å². The van der Waals surface area contributed by atoms with E-state index in [2.05, 4.69) is 29.6 Å². The summed E-state index contributed by atoms with van der Waals surface area (Å²) in [7, 11) is 0. The molecule has 0 unspecified atom stereocenters. The van der Waals surface area contributed by atoms with Gasteiger partial charge in [0.25, 0.3) is 0 Å². The topological polar surface area (TPSA) is 17.1 Å². The number of carbonyl (C=O) groups is 1. The van der Waals surface area contributed by atoms with Gasteiger partial charge in [-0.15, -0.1) is 22.7 Å². The molecule has 0 N–H and O–H groups in total. The molecule has 0 aromatic carbocycles. The molecule has 2 aromatic heterocycles. The van der Waals surface area contributed by atoms with Crippen LogP contribution in [-0.4, -0.2) is 5.78 Å². The van der Waals surface area contributed by atoms with Crippen molar-refractivity contribution in [2.75, 3.05) is 0 Å². The van der Waals surface area contributed by atoms with Crippen LogP contribution in [-0.2, 0) is 0 Å². The van der Waals surface area contributed by atoms with Crippen molar-refractivity contribution < 1.29 is 4.79 Å². The Morgan fingerprint density at radius 2 is 1.64 bits per heavy atom. The summed E-state index contributed by atoms with van der Waals surface area (Å²) in [5.74, 6) is 4.06. The Kier molecular flexibility index (Phi) is 3.09. The van der Waals surface area contributed by atoms with Crippen molar-refractivity contribution >= 4 is 28.5 Å². The third-order valence-electron chi connectivity index (χ3n) is 6.14. The maximum absolute atomic E-state index is 13.1. The number of hydrogen-bond donors (Lipinski definition) is 0. The summed E-state index contributed by atoms with van der Waals surface area (Å²) in [6.07, 6.45) is 6.76. The standard InChI is InChI=1S/C19H20OS2/c20-19(17-4-3-16(22-17)15-2-1-5-21-15)18-13-7-11-6-12(9-13)10-14(18)8-11/h1-5,11-14,18H,6-10H2. The number of thiophene rings is 2. The molecule has 3 heteroatoms. The molecule has 4 saturated carbocycles. The van der Waals surface area contributed by atoms with Crippen molar-refractivity contribution in [1.82, 2.24) is 0 Å². The van der Waals surface area contributed by atoms with Crippen LogP contribution in [0.5, 0.6) is 0 Å². The molecule has 0 aliphatic heterocycles. The average molecular weight is 329 g/mol. The molecule has 0 spiro atoms. The van der Waals surface area contributed by atoms with E-state index in [0.29, 0.717) is 23.5 Å². The molecule has 0 radical (unpaired) electrons. The predicted octanol–water partition coefficient (Wildman–Crippen LogP) is 5.73. The summed E-state index contributed by atoms with van der Waals surface area (Å²) < 4.78 is 0. The number of hydrogen-bond acceptors (Lipinski definition) is 3. The van der Waals surface area contributed by atoms with Crippen LogP contribution in [0, 0.1) is 29.6 Å². The van der Waals surface area contributed by atoms with Crippen LogP contribution in [0.1, 0.15) is 41.8 Å². The van der Waals surface area contributed by atoms with Crippen molar-refractivity contribution in [1.29, 1.82) is 0 Å². The van der Waals surface area contributed by atoms with E-state index in [4.69, 9.17) is 0 Å². The second-order valence-corrected chi connectivity index (χ2v) is 9.49. The lowest BCUT2D eigenvalue weighted by Crippen LogP contribution is -2.47. The molecule has 2 heterocycles. The van der Waals surface area contributed by atoms with Gasteiger partial charge in [-0.05, 0) is 79.4 Å². The van der Waals surface area contributed by atoms with E-state index in [1.807, 2.05) is 0 Å². The van der Waals surface area contributed by atoms with Gasteiger partial charge in [0.1, 0.15) is 0 Å². The van der Waals surface area contributed by atoms with Crippen molar-refractivity contribution in [3.8, 4) is 9.75 Å². The molecule has 0 saturated heterocycles. The summed E-state index contributed by atoms with van der Waals surface area (Å²) in [4.78, 5) is 16.7. The Bertz CT molecular complexity index is 669. The van der Waals surface area contributed by atoms with Crippen LogP contribution in [0.2, 0.25) is 0 Å². The summed E-state index contributed by atoms with van der Waals surface area (Å²) >= 11 is 3.46. The zero-order chi connectivity index (χ0) is 14.7. The molecular formula is C19H20OS2. The number of carbonyl (C=O) groups excluding carboxylic acids is 1. The van der Waals surface area contributed by atoms with E-state index in [1.54, 1.807) is 22.7 Å². The van der Waals surface area contributed by atoms with Crippen LogP contribution < -0.4 is 0 Å².